The van der Waals surface area contributed by atoms with Gasteiger partial charge in [0.25, 0.3) is 5.82 Å². The summed E-state index contributed by atoms with van der Waals surface area (Å²) < 4.78 is 11.3. The first-order valence-corrected chi connectivity index (χ1v) is 6.84. The van der Waals surface area contributed by atoms with E-state index in [1.165, 1.54) is 7.11 Å². The zero-order valence-corrected chi connectivity index (χ0v) is 12.6. The van der Waals surface area contributed by atoms with Crippen molar-refractivity contribution in [3.8, 4) is 23.0 Å². The van der Waals surface area contributed by atoms with Crippen molar-refractivity contribution in [1.29, 1.82) is 0 Å². The molecule has 7 heteroatoms. The third kappa shape index (κ3) is 2.89. The molecule has 0 radical (unpaired) electrons. The molecule has 0 bridgehead atoms. The first-order valence-electron chi connectivity index (χ1n) is 6.84. The second kappa shape index (κ2) is 6.27. The number of benzene rings is 1. The lowest BCUT2D eigenvalue weighted by Gasteiger charge is -2.06. The molecule has 0 saturated carbocycles. The van der Waals surface area contributed by atoms with Crippen molar-refractivity contribution in [3.05, 3.63) is 54.5 Å². The molecule has 0 aliphatic carbocycles. The summed E-state index contributed by atoms with van der Waals surface area (Å²) in [5.74, 6) is 0.408. The first kappa shape index (κ1) is 14.7. The summed E-state index contributed by atoms with van der Waals surface area (Å²) in [5, 5.41) is 4.23. The molecule has 3 aromatic rings. The molecule has 0 atom stereocenters. The SMILES string of the molecule is COC(=O)c1nc(-c2ccccc2)n(-c2ccc(OC)nc2)n1. The van der Waals surface area contributed by atoms with Gasteiger partial charge in [0.2, 0.25) is 5.88 Å². The van der Waals surface area contributed by atoms with Crippen molar-refractivity contribution in [2.24, 2.45) is 0 Å². The van der Waals surface area contributed by atoms with Crippen LogP contribution in [0.5, 0.6) is 5.88 Å². The lowest BCUT2D eigenvalue weighted by molar-refractivity contribution is 0.0587. The van der Waals surface area contributed by atoms with Gasteiger partial charge in [0.1, 0.15) is 0 Å². The summed E-state index contributed by atoms with van der Waals surface area (Å²) >= 11 is 0. The molecular formula is C16H14N4O3. The van der Waals surface area contributed by atoms with E-state index in [4.69, 9.17) is 9.47 Å². The monoisotopic (exact) mass is 310 g/mol. The van der Waals surface area contributed by atoms with E-state index in [9.17, 15) is 4.79 Å². The third-order valence-corrected chi connectivity index (χ3v) is 3.18. The molecule has 0 saturated heterocycles. The molecule has 2 heterocycles. The summed E-state index contributed by atoms with van der Waals surface area (Å²) in [6.07, 6.45) is 1.60. The maximum atomic E-state index is 11.7. The van der Waals surface area contributed by atoms with Gasteiger partial charge in [0.05, 0.1) is 26.1 Å². The second-order valence-corrected chi connectivity index (χ2v) is 4.59. The minimum Gasteiger partial charge on any atom is -0.481 e. The van der Waals surface area contributed by atoms with Crippen LogP contribution in [0.15, 0.2) is 48.7 Å². The first-order chi connectivity index (χ1) is 11.2. The van der Waals surface area contributed by atoms with Gasteiger partial charge in [-0.2, -0.15) is 0 Å². The van der Waals surface area contributed by atoms with Gasteiger partial charge in [-0.25, -0.2) is 19.4 Å². The van der Waals surface area contributed by atoms with Crippen LogP contribution in [0.1, 0.15) is 10.6 Å². The number of carbonyl (C=O) groups is 1. The van der Waals surface area contributed by atoms with Gasteiger partial charge >= 0.3 is 5.97 Å². The van der Waals surface area contributed by atoms with E-state index >= 15 is 0 Å². The van der Waals surface area contributed by atoms with Gasteiger partial charge < -0.3 is 9.47 Å². The Labute approximate surface area is 132 Å². The van der Waals surface area contributed by atoms with Crippen LogP contribution in [0, 0.1) is 0 Å². The molecule has 116 valence electrons. The molecule has 0 amide bonds. The van der Waals surface area contributed by atoms with E-state index in [0.717, 1.165) is 5.56 Å². The Hall–Kier alpha value is -3.22. The number of ether oxygens (including phenoxy) is 2. The standard InChI is InChI=1S/C16H14N4O3/c1-22-13-9-8-12(10-17-13)20-15(11-6-4-3-5-7-11)18-14(19-20)16(21)23-2/h3-10H,1-2H3. The highest BCUT2D eigenvalue weighted by Crippen LogP contribution is 2.21. The van der Waals surface area contributed by atoms with Crippen molar-refractivity contribution in [2.45, 2.75) is 0 Å². The molecule has 23 heavy (non-hydrogen) atoms. The Balaban J connectivity index is 2.13. The number of esters is 1. The predicted octanol–water partition coefficient (Wildman–Crippen LogP) is 2.12. The molecular weight excluding hydrogens is 296 g/mol. The van der Waals surface area contributed by atoms with E-state index in [-0.39, 0.29) is 5.82 Å². The number of pyridine rings is 1. The van der Waals surface area contributed by atoms with Crippen LogP contribution in [0.4, 0.5) is 0 Å². The molecule has 0 aliphatic heterocycles. The van der Waals surface area contributed by atoms with Crippen LogP contribution in [-0.2, 0) is 4.74 Å². The highest BCUT2D eigenvalue weighted by molar-refractivity contribution is 5.85. The zero-order chi connectivity index (χ0) is 16.2. The van der Waals surface area contributed by atoms with Crippen LogP contribution >= 0.6 is 0 Å². The van der Waals surface area contributed by atoms with Crippen LogP contribution in [0.25, 0.3) is 17.1 Å². The van der Waals surface area contributed by atoms with Crippen molar-refractivity contribution >= 4 is 5.97 Å². The number of hydrogen-bond acceptors (Lipinski definition) is 6. The van der Waals surface area contributed by atoms with E-state index in [0.29, 0.717) is 17.4 Å². The summed E-state index contributed by atoms with van der Waals surface area (Å²) in [6, 6.07) is 13.0. The van der Waals surface area contributed by atoms with Crippen LogP contribution in [0.3, 0.4) is 0 Å². The maximum Gasteiger partial charge on any atom is 0.377 e. The lowest BCUT2D eigenvalue weighted by atomic mass is 10.2. The molecule has 2 aromatic heterocycles. The largest absolute Gasteiger partial charge is 0.481 e. The fourth-order valence-electron chi connectivity index (χ4n) is 2.06. The zero-order valence-electron chi connectivity index (χ0n) is 12.6. The molecule has 0 unspecified atom stereocenters. The van der Waals surface area contributed by atoms with Gasteiger partial charge in [0.15, 0.2) is 5.82 Å². The number of nitrogens with zero attached hydrogens (tertiary/aromatic N) is 4. The Bertz CT molecular complexity index is 813. The fourth-order valence-corrected chi connectivity index (χ4v) is 2.06. The van der Waals surface area contributed by atoms with Crippen molar-refractivity contribution in [1.82, 2.24) is 19.7 Å². The van der Waals surface area contributed by atoms with Crippen LogP contribution in [0.2, 0.25) is 0 Å². The molecule has 7 nitrogen and oxygen atoms in total. The normalized spacial score (nSPS) is 10.3. The Kier molecular flexibility index (Phi) is 4.01. The number of rotatable bonds is 4. The van der Waals surface area contributed by atoms with E-state index < -0.39 is 5.97 Å². The Morgan fingerprint density at radius 2 is 1.87 bits per heavy atom. The minimum atomic E-state index is -0.595. The second-order valence-electron chi connectivity index (χ2n) is 4.59. The van der Waals surface area contributed by atoms with Crippen LogP contribution < -0.4 is 4.74 Å². The average Bonchev–Trinajstić information content (AvgIpc) is 3.07. The van der Waals surface area contributed by atoms with E-state index in [1.54, 1.807) is 30.1 Å². The summed E-state index contributed by atoms with van der Waals surface area (Å²) in [7, 11) is 2.84. The molecule has 0 spiro atoms. The highest BCUT2D eigenvalue weighted by Gasteiger charge is 2.19. The van der Waals surface area contributed by atoms with Gasteiger partial charge in [-0.1, -0.05) is 30.3 Å². The molecule has 3 rings (SSSR count). The number of carbonyl (C=O) groups excluding carboxylic acids is 1. The van der Waals surface area contributed by atoms with E-state index in [2.05, 4.69) is 15.1 Å². The van der Waals surface area contributed by atoms with Crippen molar-refractivity contribution < 1.29 is 14.3 Å². The van der Waals surface area contributed by atoms with Gasteiger partial charge in [0, 0.05) is 11.6 Å². The topological polar surface area (TPSA) is 79.1 Å². The quantitative estimate of drug-likeness (QED) is 0.687. The third-order valence-electron chi connectivity index (χ3n) is 3.18. The van der Waals surface area contributed by atoms with Crippen molar-refractivity contribution in [2.75, 3.05) is 14.2 Å². The smallest absolute Gasteiger partial charge is 0.377 e. The number of hydrogen-bond donors (Lipinski definition) is 0. The summed E-state index contributed by atoms with van der Waals surface area (Å²) in [5.41, 5.74) is 1.48. The summed E-state index contributed by atoms with van der Waals surface area (Å²) in [6.45, 7) is 0. The Morgan fingerprint density at radius 3 is 2.48 bits per heavy atom. The predicted molar refractivity (Wildman–Crippen MR) is 82.5 cm³/mol. The van der Waals surface area contributed by atoms with Gasteiger partial charge in [-0.15, -0.1) is 5.10 Å². The summed E-state index contributed by atoms with van der Waals surface area (Å²) in [4.78, 5) is 20.2. The molecule has 0 N–H and O–H groups in total. The van der Waals surface area contributed by atoms with Crippen molar-refractivity contribution in [3.63, 3.8) is 0 Å². The average molecular weight is 310 g/mol. The minimum absolute atomic E-state index is 0.0119. The highest BCUT2D eigenvalue weighted by atomic mass is 16.5. The lowest BCUT2D eigenvalue weighted by Crippen LogP contribution is -2.05. The fraction of sp³-hybridized carbons (Fsp3) is 0.125. The van der Waals surface area contributed by atoms with Gasteiger partial charge in [-0.05, 0) is 6.07 Å². The molecule has 0 fully saturated rings. The Morgan fingerprint density at radius 1 is 1.09 bits per heavy atom. The van der Waals surface area contributed by atoms with E-state index in [1.807, 2.05) is 30.3 Å². The number of aromatic nitrogens is 4. The number of methoxy groups -OCH3 is 2. The van der Waals surface area contributed by atoms with Crippen LogP contribution in [-0.4, -0.2) is 39.9 Å². The van der Waals surface area contributed by atoms with Gasteiger partial charge in [-0.3, -0.25) is 0 Å². The molecule has 1 aromatic carbocycles. The maximum absolute atomic E-state index is 11.7. The molecule has 0 aliphatic rings.